The predicted molar refractivity (Wildman–Crippen MR) is 47.6 cm³/mol. The minimum atomic E-state index is -0.128. The number of nitrogens with zero attached hydrogens (tertiary/aromatic N) is 2. The molecule has 2 heterocycles. The Bertz CT molecular complexity index is 240. The first-order valence-electron chi connectivity index (χ1n) is 4.60. The Kier molecular flexibility index (Phi) is 2.22. The van der Waals surface area contributed by atoms with Gasteiger partial charge in [-0.15, -0.1) is 0 Å². The highest BCUT2D eigenvalue weighted by molar-refractivity contribution is 5.76. The first-order chi connectivity index (χ1) is 6.33. The van der Waals surface area contributed by atoms with Gasteiger partial charge in [0.05, 0.1) is 7.11 Å². The summed E-state index contributed by atoms with van der Waals surface area (Å²) in [5.74, 6) is -0.128. The number of hydrazine groups is 1. The molecule has 0 N–H and O–H groups in total. The van der Waals surface area contributed by atoms with Crippen molar-refractivity contribution < 1.29 is 9.53 Å². The number of esters is 1. The minimum absolute atomic E-state index is 0.0995. The van der Waals surface area contributed by atoms with Gasteiger partial charge in [-0.1, -0.05) is 6.08 Å². The van der Waals surface area contributed by atoms with E-state index in [2.05, 4.69) is 10.0 Å². The molecule has 2 aliphatic rings. The van der Waals surface area contributed by atoms with E-state index < -0.39 is 0 Å². The zero-order chi connectivity index (χ0) is 9.26. The maximum Gasteiger partial charge on any atom is 0.325 e. The van der Waals surface area contributed by atoms with Gasteiger partial charge in [0.1, 0.15) is 6.04 Å². The van der Waals surface area contributed by atoms with Gasteiger partial charge in [-0.05, 0) is 12.8 Å². The molecule has 2 aliphatic heterocycles. The smallest absolute Gasteiger partial charge is 0.325 e. The van der Waals surface area contributed by atoms with E-state index in [-0.39, 0.29) is 12.0 Å². The fourth-order valence-corrected chi connectivity index (χ4v) is 1.93. The van der Waals surface area contributed by atoms with E-state index in [0.29, 0.717) is 0 Å². The van der Waals surface area contributed by atoms with Crippen LogP contribution < -0.4 is 0 Å². The number of fused-ring (bicyclic) bond motifs is 1. The van der Waals surface area contributed by atoms with E-state index in [4.69, 9.17) is 4.74 Å². The van der Waals surface area contributed by atoms with Crippen LogP contribution in [0.15, 0.2) is 12.3 Å². The van der Waals surface area contributed by atoms with Crippen molar-refractivity contribution in [3.63, 3.8) is 0 Å². The molecule has 1 saturated heterocycles. The van der Waals surface area contributed by atoms with Gasteiger partial charge in [-0.3, -0.25) is 4.79 Å². The van der Waals surface area contributed by atoms with Gasteiger partial charge in [0.2, 0.25) is 0 Å². The zero-order valence-corrected chi connectivity index (χ0v) is 7.77. The minimum Gasteiger partial charge on any atom is -0.468 e. The SMILES string of the molecule is COC(=O)C1CC=CN2CCCN12. The second-order valence-electron chi connectivity index (χ2n) is 3.34. The van der Waals surface area contributed by atoms with Crippen LogP contribution in [0.4, 0.5) is 0 Å². The number of ether oxygens (including phenoxy) is 1. The number of rotatable bonds is 1. The zero-order valence-electron chi connectivity index (χ0n) is 7.77. The van der Waals surface area contributed by atoms with E-state index in [1.54, 1.807) is 0 Å². The lowest BCUT2D eigenvalue weighted by Gasteiger charge is -2.35. The molecule has 0 amide bonds. The first-order valence-corrected chi connectivity index (χ1v) is 4.60. The summed E-state index contributed by atoms with van der Waals surface area (Å²) >= 11 is 0. The van der Waals surface area contributed by atoms with Crippen molar-refractivity contribution in [1.82, 2.24) is 10.0 Å². The van der Waals surface area contributed by atoms with Crippen LogP contribution in [-0.2, 0) is 9.53 Å². The molecule has 0 bridgehead atoms. The third-order valence-corrected chi connectivity index (χ3v) is 2.57. The van der Waals surface area contributed by atoms with Crippen molar-refractivity contribution in [3.05, 3.63) is 12.3 Å². The Morgan fingerprint density at radius 3 is 3.15 bits per heavy atom. The summed E-state index contributed by atoms with van der Waals surface area (Å²) in [5, 5.41) is 4.19. The maximum absolute atomic E-state index is 11.4. The van der Waals surface area contributed by atoms with Crippen LogP contribution in [0.5, 0.6) is 0 Å². The van der Waals surface area contributed by atoms with E-state index in [1.165, 1.54) is 7.11 Å². The topological polar surface area (TPSA) is 32.8 Å². The van der Waals surface area contributed by atoms with Gasteiger partial charge in [-0.25, -0.2) is 5.01 Å². The van der Waals surface area contributed by atoms with Crippen molar-refractivity contribution in [2.45, 2.75) is 18.9 Å². The summed E-state index contributed by atoms with van der Waals surface area (Å²) in [6.45, 7) is 1.98. The Morgan fingerprint density at radius 1 is 1.54 bits per heavy atom. The van der Waals surface area contributed by atoms with Crippen LogP contribution in [-0.4, -0.2) is 42.2 Å². The monoisotopic (exact) mass is 182 g/mol. The van der Waals surface area contributed by atoms with E-state index in [9.17, 15) is 4.79 Å². The molecular weight excluding hydrogens is 168 g/mol. The second-order valence-corrected chi connectivity index (χ2v) is 3.34. The highest BCUT2D eigenvalue weighted by Gasteiger charge is 2.34. The highest BCUT2D eigenvalue weighted by atomic mass is 16.5. The number of carbonyl (C=O) groups excluding carboxylic acids is 1. The summed E-state index contributed by atoms with van der Waals surface area (Å²) in [5.41, 5.74) is 0. The quantitative estimate of drug-likeness (QED) is 0.548. The van der Waals surface area contributed by atoms with E-state index in [1.807, 2.05) is 12.3 Å². The van der Waals surface area contributed by atoms with Crippen molar-refractivity contribution in [2.75, 3.05) is 20.2 Å². The lowest BCUT2D eigenvalue weighted by molar-refractivity contribution is -0.152. The molecule has 0 spiro atoms. The fraction of sp³-hybridized carbons (Fsp3) is 0.667. The summed E-state index contributed by atoms with van der Waals surface area (Å²) < 4.78 is 4.76. The van der Waals surface area contributed by atoms with Crippen molar-refractivity contribution in [3.8, 4) is 0 Å². The third kappa shape index (κ3) is 1.42. The van der Waals surface area contributed by atoms with Gasteiger partial charge in [0, 0.05) is 19.3 Å². The van der Waals surface area contributed by atoms with Crippen LogP contribution in [0.25, 0.3) is 0 Å². The molecule has 0 aromatic rings. The first kappa shape index (κ1) is 8.56. The fourth-order valence-electron chi connectivity index (χ4n) is 1.93. The molecule has 0 aromatic heterocycles. The summed E-state index contributed by atoms with van der Waals surface area (Å²) in [6.07, 6.45) is 5.97. The van der Waals surface area contributed by atoms with Gasteiger partial charge in [-0.2, -0.15) is 0 Å². The predicted octanol–water partition coefficient (Wildman–Crippen LogP) is 0.368. The van der Waals surface area contributed by atoms with Gasteiger partial charge < -0.3 is 9.75 Å². The summed E-state index contributed by atoms with van der Waals surface area (Å²) in [6, 6.07) is -0.0995. The van der Waals surface area contributed by atoms with Crippen molar-refractivity contribution >= 4 is 5.97 Å². The van der Waals surface area contributed by atoms with E-state index in [0.717, 1.165) is 25.9 Å². The molecule has 2 rings (SSSR count). The standard InChI is InChI=1S/C9H14N2O2/c1-13-9(12)8-4-2-5-10-6-3-7-11(8)10/h2,5,8H,3-4,6-7H2,1H3. The van der Waals surface area contributed by atoms with Crippen LogP contribution in [0, 0.1) is 0 Å². The van der Waals surface area contributed by atoms with E-state index >= 15 is 0 Å². The lowest BCUT2D eigenvalue weighted by atomic mass is 10.2. The van der Waals surface area contributed by atoms with Gasteiger partial charge in [0.15, 0.2) is 0 Å². The molecule has 1 atom stereocenters. The Balaban J connectivity index is 2.12. The Morgan fingerprint density at radius 2 is 2.38 bits per heavy atom. The molecule has 0 aliphatic carbocycles. The van der Waals surface area contributed by atoms with Crippen molar-refractivity contribution in [1.29, 1.82) is 0 Å². The molecule has 0 radical (unpaired) electrons. The number of hydrogen-bond donors (Lipinski definition) is 0. The average Bonchev–Trinajstić information content (AvgIpc) is 2.63. The molecule has 4 nitrogen and oxygen atoms in total. The molecular formula is C9H14N2O2. The molecule has 0 aromatic carbocycles. The van der Waals surface area contributed by atoms with Crippen LogP contribution >= 0.6 is 0 Å². The lowest BCUT2D eigenvalue weighted by Crippen LogP contribution is -2.48. The summed E-state index contributed by atoms with van der Waals surface area (Å²) in [7, 11) is 1.45. The van der Waals surface area contributed by atoms with Crippen LogP contribution in [0.3, 0.4) is 0 Å². The van der Waals surface area contributed by atoms with Crippen LogP contribution in [0.2, 0.25) is 0 Å². The van der Waals surface area contributed by atoms with Gasteiger partial charge >= 0.3 is 5.97 Å². The Labute approximate surface area is 77.7 Å². The third-order valence-electron chi connectivity index (χ3n) is 2.57. The molecule has 4 heteroatoms. The second kappa shape index (κ2) is 3.38. The largest absolute Gasteiger partial charge is 0.468 e. The van der Waals surface area contributed by atoms with Crippen molar-refractivity contribution in [2.24, 2.45) is 0 Å². The number of carbonyl (C=O) groups is 1. The number of methoxy groups -OCH3 is 1. The highest BCUT2D eigenvalue weighted by Crippen LogP contribution is 2.22. The Hall–Kier alpha value is -1.03. The molecule has 0 saturated carbocycles. The molecule has 1 fully saturated rings. The molecule has 13 heavy (non-hydrogen) atoms. The van der Waals surface area contributed by atoms with Gasteiger partial charge in [0.25, 0.3) is 0 Å². The molecule has 72 valence electrons. The molecule has 1 unspecified atom stereocenters. The normalized spacial score (nSPS) is 27.5. The summed E-state index contributed by atoms with van der Waals surface area (Å²) in [4.78, 5) is 11.4. The maximum atomic E-state index is 11.4. The number of hydrogen-bond acceptors (Lipinski definition) is 4. The van der Waals surface area contributed by atoms with Crippen LogP contribution in [0.1, 0.15) is 12.8 Å². The average molecular weight is 182 g/mol.